The lowest BCUT2D eigenvalue weighted by Gasteiger charge is -2.23. The van der Waals surface area contributed by atoms with Crippen molar-refractivity contribution in [2.24, 2.45) is 5.92 Å². The lowest BCUT2D eigenvalue weighted by atomic mass is 10.0. The second-order valence-corrected chi connectivity index (χ2v) is 6.17. The van der Waals surface area contributed by atoms with E-state index in [-0.39, 0.29) is 6.10 Å². The Kier molecular flexibility index (Phi) is 9.16. The largest absolute Gasteiger partial charge is 0.372 e. The molecule has 2 unspecified atom stereocenters. The van der Waals surface area contributed by atoms with E-state index in [4.69, 9.17) is 4.74 Å². The first kappa shape index (κ1) is 17.7. The van der Waals surface area contributed by atoms with Crippen LogP contribution in [0.2, 0.25) is 0 Å². The molecule has 1 N–H and O–H groups in total. The van der Waals surface area contributed by atoms with E-state index in [0.29, 0.717) is 5.92 Å². The maximum Gasteiger partial charge on any atom is 0.0960 e. The number of likely N-dealkylation sites (N-methyl/N-ethyl adjacent to an activating group) is 1. The van der Waals surface area contributed by atoms with Crippen LogP contribution in [0.1, 0.15) is 51.2 Å². The minimum Gasteiger partial charge on any atom is -0.372 e. The summed E-state index contributed by atoms with van der Waals surface area (Å²) >= 11 is 3.63. The molecular formula is C17H28BrNO. The van der Waals surface area contributed by atoms with Gasteiger partial charge in [0.2, 0.25) is 0 Å². The van der Waals surface area contributed by atoms with Crippen molar-refractivity contribution in [1.29, 1.82) is 0 Å². The summed E-state index contributed by atoms with van der Waals surface area (Å²) in [5, 5.41) is 3.23. The van der Waals surface area contributed by atoms with Crippen molar-refractivity contribution >= 4 is 15.9 Å². The maximum absolute atomic E-state index is 6.21. The monoisotopic (exact) mass is 341 g/mol. The number of hydrogen-bond acceptors (Lipinski definition) is 2. The van der Waals surface area contributed by atoms with E-state index < -0.39 is 0 Å². The Morgan fingerprint density at radius 2 is 2.00 bits per heavy atom. The molecule has 1 rings (SSSR count). The molecule has 0 heterocycles. The standard InChI is InChI=1S/C17H28BrNO/c1-4-6-9-14(5-2)13-20-17(12-19-3)15-10-7-8-11-16(15)18/h7-8,10-11,14,17,19H,4-6,9,12-13H2,1-3H3. The van der Waals surface area contributed by atoms with Gasteiger partial charge in [-0.2, -0.15) is 0 Å². The van der Waals surface area contributed by atoms with Gasteiger partial charge in [0.25, 0.3) is 0 Å². The molecule has 2 atom stereocenters. The van der Waals surface area contributed by atoms with E-state index >= 15 is 0 Å². The average molecular weight is 342 g/mol. The smallest absolute Gasteiger partial charge is 0.0960 e. The first-order valence-corrected chi connectivity index (χ1v) is 8.52. The van der Waals surface area contributed by atoms with Crippen molar-refractivity contribution in [3.05, 3.63) is 34.3 Å². The zero-order valence-electron chi connectivity index (χ0n) is 13.0. The van der Waals surface area contributed by atoms with Crippen LogP contribution in [0.3, 0.4) is 0 Å². The Morgan fingerprint density at radius 3 is 2.60 bits per heavy atom. The Labute approximate surface area is 132 Å². The van der Waals surface area contributed by atoms with Crippen molar-refractivity contribution < 1.29 is 4.74 Å². The van der Waals surface area contributed by atoms with E-state index in [0.717, 1.165) is 17.6 Å². The molecule has 0 amide bonds. The number of halogens is 1. The highest BCUT2D eigenvalue weighted by Gasteiger charge is 2.16. The number of unbranched alkanes of at least 4 members (excludes halogenated alkanes) is 1. The normalized spacial score (nSPS) is 14.2. The predicted octanol–water partition coefficient (Wildman–Crippen LogP) is 4.94. The Morgan fingerprint density at radius 1 is 1.25 bits per heavy atom. The van der Waals surface area contributed by atoms with Gasteiger partial charge in [-0.05, 0) is 31.0 Å². The van der Waals surface area contributed by atoms with E-state index in [9.17, 15) is 0 Å². The molecular weight excluding hydrogens is 314 g/mol. The Bertz CT molecular complexity index is 370. The SMILES string of the molecule is CCCCC(CC)COC(CNC)c1ccccc1Br. The fraction of sp³-hybridized carbons (Fsp3) is 0.647. The maximum atomic E-state index is 6.21. The zero-order chi connectivity index (χ0) is 14.8. The van der Waals surface area contributed by atoms with Gasteiger partial charge in [0.05, 0.1) is 12.7 Å². The van der Waals surface area contributed by atoms with Gasteiger partial charge in [-0.15, -0.1) is 0 Å². The molecule has 0 aliphatic carbocycles. The molecule has 0 saturated heterocycles. The summed E-state index contributed by atoms with van der Waals surface area (Å²) in [7, 11) is 1.97. The van der Waals surface area contributed by atoms with Crippen LogP contribution in [0.5, 0.6) is 0 Å². The molecule has 0 spiro atoms. The highest BCUT2D eigenvalue weighted by atomic mass is 79.9. The van der Waals surface area contributed by atoms with E-state index in [1.807, 2.05) is 13.1 Å². The van der Waals surface area contributed by atoms with Crippen molar-refractivity contribution in [1.82, 2.24) is 5.32 Å². The average Bonchev–Trinajstić information content (AvgIpc) is 2.47. The van der Waals surface area contributed by atoms with Crippen LogP contribution < -0.4 is 5.32 Å². The first-order chi connectivity index (χ1) is 9.72. The molecule has 114 valence electrons. The summed E-state index contributed by atoms with van der Waals surface area (Å²) in [5.74, 6) is 0.678. The molecule has 1 aromatic carbocycles. The molecule has 0 fully saturated rings. The third-order valence-electron chi connectivity index (χ3n) is 3.72. The predicted molar refractivity (Wildman–Crippen MR) is 90.1 cm³/mol. The lowest BCUT2D eigenvalue weighted by Crippen LogP contribution is -2.22. The number of hydrogen-bond donors (Lipinski definition) is 1. The summed E-state index contributed by atoms with van der Waals surface area (Å²) in [6.07, 6.45) is 5.15. The molecule has 0 saturated carbocycles. The quantitative estimate of drug-likeness (QED) is 0.650. The van der Waals surface area contributed by atoms with Crippen LogP contribution in [-0.4, -0.2) is 20.2 Å². The van der Waals surface area contributed by atoms with Crippen LogP contribution in [0, 0.1) is 5.92 Å². The van der Waals surface area contributed by atoms with Gasteiger partial charge in [0.1, 0.15) is 0 Å². The Hall–Kier alpha value is -0.380. The second kappa shape index (κ2) is 10.4. The van der Waals surface area contributed by atoms with E-state index in [1.165, 1.54) is 31.2 Å². The second-order valence-electron chi connectivity index (χ2n) is 5.32. The summed E-state index contributed by atoms with van der Waals surface area (Å²) in [5.41, 5.74) is 1.23. The van der Waals surface area contributed by atoms with Gasteiger partial charge in [0, 0.05) is 11.0 Å². The lowest BCUT2D eigenvalue weighted by molar-refractivity contribution is 0.0256. The van der Waals surface area contributed by atoms with Crippen LogP contribution in [-0.2, 0) is 4.74 Å². The fourth-order valence-corrected chi connectivity index (χ4v) is 2.87. The van der Waals surface area contributed by atoms with Crippen LogP contribution >= 0.6 is 15.9 Å². The minimum atomic E-state index is 0.117. The molecule has 0 radical (unpaired) electrons. The van der Waals surface area contributed by atoms with Crippen molar-refractivity contribution in [3.8, 4) is 0 Å². The zero-order valence-corrected chi connectivity index (χ0v) is 14.6. The minimum absolute atomic E-state index is 0.117. The molecule has 0 bridgehead atoms. The summed E-state index contributed by atoms with van der Waals surface area (Å²) in [6.45, 7) is 6.20. The highest BCUT2D eigenvalue weighted by Crippen LogP contribution is 2.26. The highest BCUT2D eigenvalue weighted by molar-refractivity contribution is 9.10. The molecule has 20 heavy (non-hydrogen) atoms. The van der Waals surface area contributed by atoms with E-state index in [2.05, 4.69) is 53.3 Å². The molecule has 3 heteroatoms. The third-order valence-corrected chi connectivity index (χ3v) is 4.44. The van der Waals surface area contributed by atoms with Crippen LogP contribution in [0.25, 0.3) is 0 Å². The molecule has 2 nitrogen and oxygen atoms in total. The molecule has 0 aliphatic heterocycles. The van der Waals surface area contributed by atoms with Gasteiger partial charge in [0.15, 0.2) is 0 Å². The van der Waals surface area contributed by atoms with Gasteiger partial charge in [-0.1, -0.05) is 67.2 Å². The third kappa shape index (κ3) is 5.94. The van der Waals surface area contributed by atoms with Gasteiger partial charge in [-0.25, -0.2) is 0 Å². The fourth-order valence-electron chi connectivity index (χ4n) is 2.33. The molecule has 1 aromatic rings. The van der Waals surface area contributed by atoms with E-state index in [1.54, 1.807) is 0 Å². The van der Waals surface area contributed by atoms with Crippen LogP contribution in [0.4, 0.5) is 0 Å². The van der Waals surface area contributed by atoms with Crippen molar-refractivity contribution in [2.45, 2.75) is 45.6 Å². The van der Waals surface area contributed by atoms with Gasteiger partial charge < -0.3 is 10.1 Å². The number of rotatable bonds is 10. The Balaban J connectivity index is 2.61. The molecule has 0 aromatic heterocycles. The first-order valence-electron chi connectivity index (χ1n) is 7.73. The van der Waals surface area contributed by atoms with Crippen LogP contribution in [0.15, 0.2) is 28.7 Å². The summed E-state index contributed by atoms with van der Waals surface area (Å²) in [4.78, 5) is 0. The topological polar surface area (TPSA) is 21.3 Å². The van der Waals surface area contributed by atoms with Gasteiger partial charge >= 0.3 is 0 Å². The summed E-state index contributed by atoms with van der Waals surface area (Å²) < 4.78 is 7.33. The number of nitrogens with one attached hydrogen (secondary N) is 1. The molecule has 0 aliphatic rings. The number of ether oxygens (including phenoxy) is 1. The number of benzene rings is 1. The summed E-state index contributed by atoms with van der Waals surface area (Å²) in [6, 6.07) is 8.33. The van der Waals surface area contributed by atoms with Crippen molar-refractivity contribution in [2.75, 3.05) is 20.2 Å². The van der Waals surface area contributed by atoms with Gasteiger partial charge in [-0.3, -0.25) is 0 Å². The van der Waals surface area contributed by atoms with Crippen molar-refractivity contribution in [3.63, 3.8) is 0 Å².